The number of nitrogens with one attached hydrogen (secondary N) is 1. The number of carbonyl (C=O) groups is 1. The molecular formula is C16H21FN2O2. The van der Waals surface area contributed by atoms with Crippen molar-refractivity contribution in [2.45, 2.75) is 37.8 Å². The van der Waals surface area contributed by atoms with E-state index in [4.69, 9.17) is 4.74 Å². The van der Waals surface area contributed by atoms with E-state index in [1.54, 1.807) is 12.1 Å². The van der Waals surface area contributed by atoms with Gasteiger partial charge in [-0.3, -0.25) is 9.69 Å². The molecule has 21 heavy (non-hydrogen) atoms. The van der Waals surface area contributed by atoms with Crippen LogP contribution in [0, 0.1) is 5.82 Å². The van der Waals surface area contributed by atoms with E-state index in [-0.39, 0.29) is 17.8 Å². The van der Waals surface area contributed by atoms with Crippen molar-refractivity contribution in [2.24, 2.45) is 0 Å². The molecule has 1 saturated heterocycles. The van der Waals surface area contributed by atoms with Gasteiger partial charge in [0.05, 0.1) is 6.04 Å². The number of likely N-dealkylation sites (tertiary alicyclic amines) is 1. The second-order valence-corrected chi connectivity index (χ2v) is 5.78. The molecule has 5 heteroatoms. The smallest absolute Gasteiger partial charge is 0.237 e. The highest BCUT2D eigenvalue weighted by atomic mass is 19.1. The number of benzene rings is 1. The monoisotopic (exact) mass is 292 g/mol. The first-order valence-electron chi connectivity index (χ1n) is 7.65. The van der Waals surface area contributed by atoms with E-state index in [9.17, 15) is 9.18 Å². The molecule has 2 aliphatic rings. The third kappa shape index (κ3) is 3.94. The van der Waals surface area contributed by atoms with Gasteiger partial charge in [-0.25, -0.2) is 4.39 Å². The van der Waals surface area contributed by atoms with Crippen molar-refractivity contribution >= 4 is 5.91 Å². The van der Waals surface area contributed by atoms with E-state index in [1.165, 1.54) is 12.1 Å². The maximum Gasteiger partial charge on any atom is 0.237 e. The number of hydrogen-bond donors (Lipinski definition) is 1. The predicted octanol–water partition coefficient (Wildman–Crippen LogP) is 1.95. The number of carbonyl (C=O) groups excluding carboxylic acids is 1. The van der Waals surface area contributed by atoms with E-state index >= 15 is 0 Å². The highest BCUT2D eigenvalue weighted by molar-refractivity contribution is 5.82. The number of ether oxygens (including phenoxy) is 1. The molecule has 0 spiro atoms. The summed E-state index contributed by atoms with van der Waals surface area (Å²) in [6, 6.07) is 6.52. The minimum Gasteiger partial charge on any atom is -0.492 e. The fraction of sp³-hybridized carbons (Fsp3) is 0.562. The number of nitrogens with zero attached hydrogens (tertiary/aromatic N) is 1. The number of amides is 1. The Morgan fingerprint density at radius 1 is 1.38 bits per heavy atom. The Labute approximate surface area is 124 Å². The molecule has 1 unspecified atom stereocenters. The van der Waals surface area contributed by atoms with Gasteiger partial charge in [0, 0.05) is 18.7 Å². The van der Waals surface area contributed by atoms with Gasteiger partial charge in [-0.2, -0.15) is 0 Å². The van der Waals surface area contributed by atoms with E-state index in [0.29, 0.717) is 24.9 Å². The van der Waals surface area contributed by atoms with Crippen LogP contribution in [0.2, 0.25) is 0 Å². The van der Waals surface area contributed by atoms with Gasteiger partial charge in [0.25, 0.3) is 0 Å². The van der Waals surface area contributed by atoms with Crippen LogP contribution in [0.4, 0.5) is 4.39 Å². The molecule has 3 rings (SSSR count). The Balaban J connectivity index is 1.46. The lowest BCUT2D eigenvalue weighted by Crippen LogP contribution is -2.45. The molecule has 1 aromatic carbocycles. The minimum absolute atomic E-state index is 0.0262. The van der Waals surface area contributed by atoms with Crippen LogP contribution in [0.15, 0.2) is 24.3 Å². The van der Waals surface area contributed by atoms with Crippen molar-refractivity contribution < 1.29 is 13.9 Å². The molecule has 0 bridgehead atoms. The molecule has 1 aromatic rings. The van der Waals surface area contributed by atoms with E-state index in [0.717, 1.165) is 32.2 Å². The fourth-order valence-electron chi connectivity index (χ4n) is 2.75. The summed E-state index contributed by atoms with van der Waals surface area (Å²) in [5, 5.41) is 3.07. The van der Waals surface area contributed by atoms with Gasteiger partial charge < -0.3 is 10.1 Å². The standard InChI is InChI=1S/C16H21FN2O2/c17-12-3-1-4-14(11-12)21-10-9-19-8-2-5-15(19)16(20)18-13-6-7-13/h1,3-4,11,13,15H,2,5-10H2,(H,18,20). The highest BCUT2D eigenvalue weighted by Gasteiger charge is 2.33. The molecule has 1 heterocycles. The molecule has 1 aliphatic heterocycles. The van der Waals surface area contributed by atoms with Crippen LogP contribution < -0.4 is 10.1 Å². The predicted molar refractivity (Wildman–Crippen MR) is 77.7 cm³/mol. The summed E-state index contributed by atoms with van der Waals surface area (Å²) in [6.07, 6.45) is 4.18. The van der Waals surface area contributed by atoms with Crippen LogP contribution in [0.25, 0.3) is 0 Å². The van der Waals surface area contributed by atoms with Crippen molar-refractivity contribution in [2.75, 3.05) is 19.7 Å². The SMILES string of the molecule is O=C(NC1CC1)C1CCCN1CCOc1cccc(F)c1. The maximum absolute atomic E-state index is 13.0. The molecule has 1 atom stereocenters. The van der Waals surface area contributed by atoms with Crippen LogP contribution in [0.1, 0.15) is 25.7 Å². The summed E-state index contributed by atoms with van der Waals surface area (Å²) in [4.78, 5) is 14.3. The van der Waals surface area contributed by atoms with E-state index in [2.05, 4.69) is 10.2 Å². The summed E-state index contributed by atoms with van der Waals surface area (Å²) in [7, 11) is 0. The first-order chi connectivity index (χ1) is 10.2. The average Bonchev–Trinajstić information content (AvgIpc) is 3.14. The van der Waals surface area contributed by atoms with E-state index < -0.39 is 0 Å². The van der Waals surface area contributed by atoms with Gasteiger partial charge >= 0.3 is 0 Å². The first kappa shape index (κ1) is 14.3. The second kappa shape index (κ2) is 6.43. The zero-order valence-corrected chi connectivity index (χ0v) is 12.1. The zero-order chi connectivity index (χ0) is 14.7. The molecule has 4 nitrogen and oxygen atoms in total. The number of rotatable bonds is 6. The molecule has 1 amide bonds. The highest BCUT2D eigenvalue weighted by Crippen LogP contribution is 2.22. The van der Waals surface area contributed by atoms with Gasteiger partial charge in [-0.15, -0.1) is 0 Å². The molecular weight excluding hydrogens is 271 g/mol. The van der Waals surface area contributed by atoms with Crippen molar-refractivity contribution in [3.63, 3.8) is 0 Å². The Bertz CT molecular complexity index is 505. The normalized spacial score (nSPS) is 22.2. The molecule has 1 saturated carbocycles. The quantitative estimate of drug-likeness (QED) is 0.871. The lowest BCUT2D eigenvalue weighted by Gasteiger charge is -2.23. The van der Waals surface area contributed by atoms with Gasteiger partial charge in [-0.1, -0.05) is 6.07 Å². The average molecular weight is 292 g/mol. The number of halogens is 1. The molecule has 114 valence electrons. The Hall–Kier alpha value is -1.62. The van der Waals surface area contributed by atoms with Crippen LogP contribution in [0.3, 0.4) is 0 Å². The van der Waals surface area contributed by atoms with Crippen molar-refractivity contribution in [1.29, 1.82) is 0 Å². The Morgan fingerprint density at radius 2 is 2.24 bits per heavy atom. The summed E-state index contributed by atoms with van der Waals surface area (Å²) >= 11 is 0. The van der Waals surface area contributed by atoms with E-state index in [1.807, 2.05) is 0 Å². The number of hydrogen-bond acceptors (Lipinski definition) is 3. The van der Waals surface area contributed by atoms with Crippen LogP contribution in [0.5, 0.6) is 5.75 Å². The first-order valence-corrected chi connectivity index (χ1v) is 7.65. The lowest BCUT2D eigenvalue weighted by molar-refractivity contribution is -0.125. The van der Waals surface area contributed by atoms with Crippen LogP contribution in [-0.2, 0) is 4.79 Å². The van der Waals surface area contributed by atoms with Crippen molar-refractivity contribution in [3.8, 4) is 5.75 Å². The largest absolute Gasteiger partial charge is 0.492 e. The van der Waals surface area contributed by atoms with Crippen LogP contribution >= 0.6 is 0 Å². The summed E-state index contributed by atoms with van der Waals surface area (Å²) in [5.41, 5.74) is 0. The summed E-state index contributed by atoms with van der Waals surface area (Å²) in [5.74, 6) is 0.393. The van der Waals surface area contributed by atoms with Gasteiger partial charge in [0.15, 0.2) is 0 Å². The van der Waals surface area contributed by atoms with Gasteiger partial charge in [0.2, 0.25) is 5.91 Å². The van der Waals surface area contributed by atoms with Gasteiger partial charge in [0.1, 0.15) is 18.2 Å². The zero-order valence-electron chi connectivity index (χ0n) is 12.1. The third-order valence-electron chi connectivity index (χ3n) is 4.03. The molecule has 2 fully saturated rings. The fourth-order valence-corrected chi connectivity index (χ4v) is 2.75. The summed E-state index contributed by atoms with van der Waals surface area (Å²) < 4.78 is 18.6. The van der Waals surface area contributed by atoms with Crippen LogP contribution in [-0.4, -0.2) is 42.6 Å². The molecule has 1 N–H and O–H groups in total. The molecule has 1 aliphatic carbocycles. The third-order valence-corrected chi connectivity index (χ3v) is 4.03. The minimum atomic E-state index is -0.296. The molecule has 0 aromatic heterocycles. The second-order valence-electron chi connectivity index (χ2n) is 5.78. The van der Waals surface area contributed by atoms with Crippen molar-refractivity contribution in [3.05, 3.63) is 30.1 Å². The Kier molecular flexibility index (Phi) is 4.39. The molecule has 0 radical (unpaired) electrons. The van der Waals surface area contributed by atoms with Crippen molar-refractivity contribution in [1.82, 2.24) is 10.2 Å². The Morgan fingerprint density at radius 3 is 3.00 bits per heavy atom. The maximum atomic E-state index is 13.0. The summed E-state index contributed by atoms with van der Waals surface area (Å²) in [6.45, 7) is 2.09. The topological polar surface area (TPSA) is 41.6 Å². The lowest BCUT2D eigenvalue weighted by atomic mass is 10.2. The van der Waals surface area contributed by atoms with Gasteiger partial charge in [-0.05, 0) is 44.4 Å².